The van der Waals surface area contributed by atoms with Gasteiger partial charge < -0.3 is 5.73 Å². The number of hydrogen-bond acceptors (Lipinski definition) is 1. The van der Waals surface area contributed by atoms with Gasteiger partial charge in [-0.3, -0.25) is 0 Å². The molecule has 3 unspecified atom stereocenters. The van der Waals surface area contributed by atoms with E-state index in [1.54, 1.807) is 0 Å². The van der Waals surface area contributed by atoms with Crippen molar-refractivity contribution < 1.29 is 0 Å². The minimum absolute atomic E-state index is 0.00986. The van der Waals surface area contributed by atoms with Crippen LogP contribution in [0.15, 0.2) is 0 Å². The Balaban J connectivity index is 4.18. The standard InChI is InChI=1S/C9H20IN/c1-5-7(2)9(4,11)8(3)6-10/h7-8H,5-6,11H2,1-4H3. The first kappa shape index (κ1) is 11.7. The molecular weight excluding hydrogens is 249 g/mol. The van der Waals surface area contributed by atoms with Crippen molar-refractivity contribution in [1.29, 1.82) is 0 Å². The highest BCUT2D eigenvalue weighted by molar-refractivity contribution is 14.1. The Labute approximate surface area is 84.3 Å². The van der Waals surface area contributed by atoms with Gasteiger partial charge in [-0.15, -0.1) is 0 Å². The molecule has 0 aliphatic carbocycles. The Morgan fingerprint density at radius 1 is 1.36 bits per heavy atom. The van der Waals surface area contributed by atoms with E-state index in [1.165, 1.54) is 6.42 Å². The third-order valence-corrected chi connectivity index (χ3v) is 4.29. The SMILES string of the molecule is CCC(C)C(C)(N)C(C)CI. The summed E-state index contributed by atoms with van der Waals surface area (Å²) in [5, 5.41) is 0. The summed E-state index contributed by atoms with van der Waals surface area (Å²) in [5.41, 5.74) is 6.23. The quantitative estimate of drug-likeness (QED) is 0.616. The Morgan fingerprint density at radius 2 is 1.82 bits per heavy atom. The molecule has 0 aromatic rings. The lowest BCUT2D eigenvalue weighted by Crippen LogP contribution is -2.49. The van der Waals surface area contributed by atoms with Gasteiger partial charge in [0.05, 0.1) is 0 Å². The minimum atomic E-state index is 0.00986. The summed E-state index contributed by atoms with van der Waals surface area (Å²) in [6, 6.07) is 0. The Hall–Kier alpha value is 0.690. The largest absolute Gasteiger partial charge is 0.325 e. The van der Waals surface area contributed by atoms with Crippen LogP contribution in [0.1, 0.15) is 34.1 Å². The third-order valence-electron chi connectivity index (χ3n) is 2.97. The number of rotatable bonds is 4. The first-order chi connectivity index (χ1) is 4.96. The first-order valence-corrected chi connectivity index (χ1v) is 5.84. The molecule has 0 heterocycles. The average molecular weight is 269 g/mol. The zero-order valence-corrected chi connectivity index (χ0v) is 10.2. The fourth-order valence-electron chi connectivity index (χ4n) is 1.09. The van der Waals surface area contributed by atoms with E-state index >= 15 is 0 Å². The van der Waals surface area contributed by atoms with E-state index in [1.807, 2.05) is 0 Å². The summed E-state index contributed by atoms with van der Waals surface area (Å²) in [4.78, 5) is 0. The van der Waals surface area contributed by atoms with E-state index in [4.69, 9.17) is 5.73 Å². The van der Waals surface area contributed by atoms with E-state index in [9.17, 15) is 0 Å². The van der Waals surface area contributed by atoms with Crippen LogP contribution in [0.2, 0.25) is 0 Å². The van der Waals surface area contributed by atoms with Gasteiger partial charge in [-0.05, 0) is 18.8 Å². The average Bonchev–Trinajstić information content (AvgIpc) is 2.01. The minimum Gasteiger partial charge on any atom is -0.325 e. The summed E-state index contributed by atoms with van der Waals surface area (Å²) < 4.78 is 1.15. The summed E-state index contributed by atoms with van der Waals surface area (Å²) >= 11 is 2.41. The number of halogens is 1. The fourth-order valence-corrected chi connectivity index (χ4v) is 2.04. The van der Waals surface area contributed by atoms with Gasteiger partial charge in [0.15, 0.2) is 0 Å². The van der Waals surface area contributed by atoms with Crippen molar-refractivity contribution in [2.45, 2.75) is 39.7 Å². The summed E-state index contributed by atoms with van der Waals surface area (Å²) in [7, 11) is 0. The van der Waals surface area contributed by atoms with Crippen molar-refractivity contribution >= 4 is 22.6 Å². The van der Waals surface area contributed by atoms with Gasteiger partial charge >= 0.3 is 0 Å². The van der Waals surface area contributed by atoms with Gasteiger partial charge in [0.2, 0.25) is 0 Å². The molecule has 0 saturated carbocycles. The molecule has 1 nitrogen and oxygen atoms in total. The molecule has 0 fully saturated rings. The predicted molar refractivity (Wildman–Crippen MR) is 60.1 cm³/mol. The van der Waals surface area contributed by atoms with Crippen LogP contribution in [0.25, 0.3) is 0 Å². The van der Waals surface area contributed by atoms with Crippen molar-refractivity contribution in [2.75, 3.05) is 4.43 Å². The second-order valence-corrected chi connectivity index (χ2v) is 4.61. The van der Waals surface area contributed by atoms with Crippen LogP contribution in [0.4, 0.5) is 0 Å². The lowest BCUT2D eigenvalue weighted by atomic mass is 9.77. The maximum atomic E-state index is 6.22. The van der Waals surface area contributed by atoms with Crippen molar-refractivity contribution in [1.82, 2.24) is 0 Å². The van der Waals surface area contributed by atoms with Crippen LogP contribution in [-0.2, 0) is 0 Å². The lowest BCUT2D eigenvalue weighted by molar-refractivity contribution is 0.234. The first-order valence-electron chi connectivity index (χ1n) is 4.31. The Morgan fingerprint density at radius 3 is 2.09 bits per heavy atom. The summed E-state index contributed by atoms with van der Waals surface area (Å²) in [5.74, 6) is 1.23. The number of alkyl halides is 1. The molecule has 68 valence electrons. The highest BCUT2D eigenvalue weighted by Crippen LogP contribution is 2.26. The molecule has 0 aliphatic rings. The van der Waals surface area contributed by atoms with E-state index in [2.05, 4.69) is 50.3 Å². The van der Waals surface area contributed by atoms with E-state index in [-0.39, 0.29) is 5.54 Å². The van der Waals surface area contributed by atoms with E-state index < -0.39 is 0 Å². The molecule has 0 radical (unpaired) electrons. The molecule has 3 atom stereocenters. The molecule has 0 saturated heterocycles. The Bertz CT molecular complexity index is 100. The zero-order valence-electron chi connectivity index (χ0n) is 8.02. The highest BCUT2D eigenvalue weighted by Gasteiger charge is 2.30. The van der Waals surface area contributed by atoms with Crippen molar-refractivity contribution in [2.24, 2.45) is 17.6 Å². The van der Waals surface area contributed by atoms with Crippen LogP contribution in [-0.4, -0.2) is 9.97 Å². The molecule has 2 N–H and O–H groups in total. The van der Waals surface area contributed by atoms with Gasteiger partial charge in [0, 0.05) is 9.97 Å². The van der Waals surface area contributed by atoms with Gasteiger partial charge in [-0.1, -0.05) is 49.8 Å². The number of nitrogens with two attached hydrogens (primary N) is 1. The van der Waals surface area contributed by atoms with Crippen molar-refractivity contribution in [3.05, 3.63) is 0 Å². The topological polar surface area (TPSA) is 26.0 Å². The van der Waals surface area contributed by atoms with Crippen LogP contribution >= 0.6 is 22.6 Å². The van der Waals surface area contributed by atoms with Crippen molar-refractivity contribution in [3.63, 3.8) is 0 Å². The molecule has 0 rings (SSSR count). The number of hydrogen-bond donors (Lipinski definition) is 1. The molecule has 0 aromatic heterocycles. The molecular formula is C9H20IN. The summed E-state index contributed by atoms with van der Waals surface area (Å²) in [6.07, 6.45) is 1.17. The molecule has 0 amide bonds. The molecule has 11 heavy (non-hydrogen) atoms. The molecule has 0 spiro atoms. The second-order valence-electron chi connectivity index (χ2n) is 3.73. The normalized spacial score (nSPS) is 22.4. The highest BCUT2D eigenvalue weighted by atomic mass is 127. The zero-order chi connectivity index (χ0) is 9.07. The maximum absolute atomic E-state index is 6.22. The second kappa shape index (κ2) is 4.65. The lowest BCUT2D eigenvalue weighted by Gasteiger charge is -2.36. The van der Waals surface area contributed by atoms with E-state index in [0.29, 0.717) is 11.8 Å². The van der Waals surface area contributed by atoms with Gasteiger partial charge in [-0.25, -0.2) is 0 Å². The monoisotopic (exact) mass is 269 g/mol. The van der Waals surface area contributed by atoms with Crippen LogP contribution in [0.3, 0.4) is 0 Å². The third kappa shape index (κ3) is 2.90. The maximum Gasteiger partial charge on any atom is 0.0184 e. The van der Waals surface area contributed by atoms with Gasteiger partial charge in [0.25, 0.3) is 0 Å². The Kier molecular flexibility index (Phi) is 4.94. The van der Waals surface area contributed by atoms with Crippen LogP contribution in [0, 0.1) is 11.8 Å². The van der Waals surface area contributed by atoms with Gasteiger partial charge in [0.1, 0.15) is 0 Å². The molecule has 0 bridgehead atoms. The summed E-state index contributed by atoms with van der Waals surface area (Å²) in [6.45, 7) is 8.85. The molecule has 0 aliphatic heterocycles. The molecule has 2 heteroatoms. The fraction of sp³-hybridized carbons (Fsp3) is 1.00. The van der Waals surface area contributed by atoms with Crippen molar-refractivity contribution in [3.8, 4) is 0 Å². The van der Waals surface area contributed by atoms with Gasteiger partial charge in [-0.2, -0.15) is 0 Å². The van der Waals surface area contributed by atoms with E-state index in [0.717, 1.165) is 4.43 Å². The smallest absolute Gasteiger partial charge is 0.0184 e. The van der Waals surface area contributed by atoms with Crippen LogP contribution < -0.4 is 5.73 Å². The van der Waals surface area contributed by atoms with Crippen LogP contribution in [0.5, 0.6) is 0 Å². The predicted octanol–water partition coefficient (Wildman–Crippen LogP) is 2.82. The molecule has 0 aromatic carbocycles.